The molecule has 188 valence electrons. The average Bonchev–Trinajstić information content (AvgIpc) is 3.72. The number of nitrogens with zero attached hydrogens (tertiary/aromatic N) is 2. The maximum Gasteiger partial charge on any atom is 0.253 e. The zero-order chi connectivity index (χ0) is 25.8. The normalized spacial score (nSPS) is 18.2. The lowest BCUT2D eigenvalue weighted by Gasteiger charge is -2.29. The van der Waals surface area contributed by atoms with Gasteiger partial charge in [-0.15, -0.1) is 0 Å². The van der Waals surface area contributed by atoms with E-state index in [1.54, 1.807) is 19.0 Å². The van der Waals surface area contributed by atoms with Crippen molar-refractivity contribution in [1.29, 1.82) is 0 Å². The van der Waals surface area contributed by atoms with Crippen LogP contribution in [0.15, 0.2) is 78.9 Å². The molecule has 0 saturated heterocycles. The maximum atomic E-state index is 13.7. The SMILES string of the molecule is CC[C@H](C)[C@H](N)CN(C(=O)[C@@H]1C[C@H]1c1ccccc1)c1ccc(-c2ccc(C(=O)N(C)C)cc2)cc1. The molecule has 0 bridgehead atoms. The zero-order valence-corrected chi connectivity index (χ0v) is 21.7. The number of carbonyl (C=O) groups excluding carboxylic acids is 2. The summed E-state index contributed by atoms with van der Waals surface area (Å²) in [5.41, 5.74) is 11.4. The van der Waals surface area contributed by atoms with Crippen molar-refractivity contribution in [2.24, 2.45) is 17.6 Å². The van der Waals surface area contributed by atoms with E-state index in [0.29, 0.717) is 18.0 Å². The molecule has 2 amide bonds. The van der Waals surface area contributed by atoms with Gasteiger partial charge in [0.25, 0.3) is 5.91 Å². The summed E-state index contributed by atoms with van der Waals surface area (Å²) in [6.45, 7) is 4.78. The Morgan fingerprint density at radius 3 is 2.06 bits per heavy atom. The molecule has 0 unspecified atom stereocenters. The lowest BCUT2D eigenvalue weighted by atomic mass is 9.98. The Morgan fingerprint density at radius 2 is 1.50 bits per heavy atom. The fraction of sp³-hybridized carbons (Fsp3) is 0.355. The third-order valence-electron chi connectivity index (χ3n) is 7.42. The van der Waals surface area contributed by atoms with Crippen LogP contribution in [-0.2, 0) is 4.79 Å². The van der Waals surface area contributed by atoms with Crippen LogP contribution in [0.3, 0.4) is 0 Å². The molecule has 0 heterocycles. The summed E-state index contributed by atoms with van der Waals surface area (Å²) in [5, 5.41) is 0. The smallest absolute Gasteiger partial charge is 0.253 e. The van der Waals surface area contributed by atoms with Gasteiger partial charge in [0, 0.05) is 43.9 Å². The lowest BCUT2D eigenvalue weighted by molar-refractivity contribution is -0.120. The topological polar surface area (TPSA) is 66.6 Å². The molecule has 0 radical (unpaired) electrons. The fourth-order valence-corrected chi connectivity index (χ4v) is 4.65. The molecule has 1 saturated carbocycles. The van der Waals surface area contributed by atoms with Crippen LogP contribution in [0.5, 0.6) is 0 Å². The van der Waals surface area contributed by atoms with E-state index in [4.69, 9.17) is 5.73 Å². The largest absolute Gasteiger partial charge is 0.345 e. The van der Waals surface area contributed by atoms with Crippen molar-refractivity contribution in [2.75, 3.05) is 25.5 Å². The van der Waals surface area contributed by atoms with Gasteiger partial charge in [-0.3, -0.25) is 9.59 Å². The molecule has 5 heteroatoms. The van der Waals surface area contributed by atoms with E-state index in [1.165, 1.54) is 5.56 Å². The van der Waals surface area contributed by atoms with Crippen molar-refractivity contribution in [1.82, 2.24) is 4.90 Å². The van der Waals surface area contributed by atoms with Crippen LogP contribution in [-0.4, -0.2) is 43.4 Å². The molecule has 4 rings (SSSR count). The van der Waals surface area contributed by atoms with Gasteiger partial charge in [0.2, 0.25) is 5.91 Å². The molecule has 1 aliphatic carbocycles. The van der Waals surface area contributed by atoms with Gasteiger partial charge in [-0.05, 0) is 59.2 Å². The monoisotopic (exact) mass is 483 g/mol. The van der Waals surface area contributed by atoms with Crippen LogP contribution < -0.4 is 10.6 Å². The van der Waals surface area contributed by atoms with Gasteiger partial charge in [0.05, 0.1) is 0 Å². The summed E-state index contributed by atoms with van der Waals surface area (Å²) in [6, 6.07) is 25.9. The van der Waals surface area contributed by atoms with E-state index < -0.39 is 0 Å². The molecule has 3 aromatic carbocycles. The highest BCUT2D eigenvalue weighted by Crippen LogP contribution is 2.49. The average molecular weight is 484 g/mol. The molecule has 0 aliphatic heterocycles. The van der Waals surface area contributed by atoms with E-state index in [1.807, 2.05) is 71.6 Å². The van der Waals surface area contributed by atoms with E-state index >= 15 is 0 Å². The number of benzene rings is 3. The molecule has 36 heavy (non-hydrogen) atoms. The number of carbonyl (C=O) groups is 2. The molecule has 0 aromatic heterocycles. The van der Waals surface area contributed by atoms with E-state index in [0.717, 1.165) is 29.7 Å². The van der Waals surface area contributed by atoms with Crippen LogP contribution in [0.25, 0.3) is 11.1 Å². The summed E-state index contributed by atoms with van der Waals surface area (Å²) >= 11 is 0. The summed E-state index contributed by atoms with van der Waals surface area (Å²) < 4.78 is 0. The van der Waals surface area contributed by atoms with Gasteiger partial charge in [0.1, 0.15) is 0 Å². The maximum absolute atomic E-state index is 13.7. The Balaban J connectivity index is 1.54. The van der Waals surface area contributed by atoms with Gasteiger partial charge in [-0.2, -0.15) is 0 Å². The number of nitrogens with two attached hydrogens (primary N) is 1. The predicted octanol–water partition coefficient (Wildman–Crippen LogP) is 5.57. The standard InChI is InChI=1S/C31H37N3O2/c1-5-21(2)29(32)20-34(31(36)28-19-27(28)24-9-7-6-8-10-24)26-17-15-23(16-18-26)22-11-13-25(14-12-22)30(35)33(3)4/h6-18,21,27-29H,5,19-20,32H2,1-4H3/t21-,27-,28+,29+/m0/s1. The second-order valence-corrected chi connectivity index (χ2v) is 10.2. The van der Waals surface area contributed by atoms with Crippen molar-refractivity contribution < 1.29 is 9.59 Å². The Hall–Kier alpha value is -3.44. The molecule has 5 nitrogen and oxygen atoms in total. The number of anilines is 1. The third kappa shape index (κ3) is 5.68. The van der Waals surface area contributed by atoms with Crippen LogP contribution in [0, 0.1) is 11.8 Å². The minimum Gasteiger partial charge on any atom is -0.345 e. The van der Waals surface area contributed by atoms with E-state index in [9.17, 15) is 9.59 Å². The molecular weight excluding hydrogens is 446 g/mol. The van der Waals surface area contributed by atoms with Crippen LogP contribution in [0.4, 0.5) is 5.69 Å². The predicted molar refractivity (Wildman–Crippen MR) is 147 cm³/mol. The van der Waals surface area contributed by atoms with Gasteiger partial charge in [-0.1, -0.05) is 74.9 Å². The summed E-state index contributed by atoms with van der Waals surface area (Å²) in [4.78, 5) is 29.3. The lowest BCUT2D eigenvalue weighted by Crippen LogP contribution is -2.45. The Bertz CT molecular complexity index is 1170. The van der Waals surface area contributed by atoms with Crippen molar-refractivity contribution in [2.45, 2.75) is 38.6 Å². The Kier molecular flexibility index (Phi) is 7.90. The minimum atomic E-state index is -0.0886. The molecule has 2 N–H and O–H groups in total. The highest BCUT2D eigenvalue weighted by molar-refractivity contribution is 5.98. The van der Waals surface area contributed by atoms with Gasteiger partial charge < -0.3 is 15.5 Å². The molecule has 1 aliphatic rings. The Morgan fingerprint density at radius 1 is 0.917 bits per heavy atom. The zero-order valence-electron chi connectivity index (χ0n) is 21.7. The first-order valence-corrected chi connectivity index (χ1v) is 12.8. The van der Waals surface area contributed by atoms with Gasteiger partial charge >= 0.3 is 0 Å². The molecule has 4 atom stereocenters. The van der Waals surface area contributed by atoms with E-state index in [-0.39, 0.29) is 29.7 Å². The first-order valence-electron chi connectivity index (χ1n) is 12.8. The van der Waals surface area contributed by atoms with Crippen LogP contribution in [0.1, 0.15) is 48.5 Å². The van der Waals surface area contributed by atoms with Crippen LogP contribution in [0.2, 0.25) is 0 Å². The minimum absolute atomic E-state index is 0.00186. The van der Waals surface area contributed by atoms with Crippen molar-refractivity contribution >= 4 is 17.5 Å². The molecule has 1 fully saturated rings. The first kappa shape index (κ1) is 25.6. The second kappa shape index (κ2) is 11.1. The van der Waals surface area contributed by atoms with Crippen molar-refractivity contribution in [3.05, 3.63) is 90.0 Å². The summed E-state index contributed by atoms with van der Waals surface area (Å²) in [5.74, 6) is 0.744. The van der Waals surface area contributed by atoms with Gasteiger partial charge in [0.15, 0.2) is 0 Å². The second-order valence-electron chi connectivity index (χ2n) is 10.2. The number of hydrogen-bond donors (Lipinski definition) is 1. The highest BCUT2D eigenvalue weighted by atomic mass is 16.2. The summed E-state index contributed by atoms with van der Waals surface area (Å²) in [6.07, 6.45) is 1.86. The Labute approximate surface area is 214 Å². The number of amides is 2. The van der Waals surface area contributed by atoms with Gasteiger partial charge in [-0.25, -0.2) is 0 Å². The number of hydrogen-bond acceptors (Lipinski definition) is 3. The molecular formula is C31H37N3O2. The van der Waals surface area contributed by atoms with E-state index in [2.05, 4.69) is 26.0 Å². The molecule has 3 aromatic rings. The molecule has 0 spiro atoms. The fourth-order valence-electron chi connectivity index (χ4n) is 4.65. The highest BCUT2D eigenvalue weighted by Gasteiger charge is 2.46. The third-order valence-corrected chi connectivity index (χ3v) is 7.42. The van der Waals surface area contributed by atoms with Crippen molar-refractivity contribution in [3.63, 3.8) is 0 Å². The van der Waals surface area contributed by atoms with Crippen molar-refractivity contribution in [3.8, 4) is 11.1 Å². The quantitative estimate of drug-likeness (QED) is 0.433. The first-order chi connectivity index (χ1) is 17.3. The summed E-state index contributed by atoms with van der Waals surface area (Å²) in [7, 11) is 3.50. The number of rotatable bonds is 9. The van der Waals surface area contributed by atoms with Crippen LogP contribution >= 0.6 is 0 Å².